The number of carbonyl (C=O) groups excluding carboxylic acids is 3. The van der Waals surface area contributed by atoms with Crippen LogP contribution in [0.3, 0.4) is 0 Å². The van der Waals surface area contributed by atoms with E-state index in [1.807, 2.05) is 30.3 Å². The summed E-state index contributed by atoms with van der Waals surface area (Å²) in [5.74, 6) is -0.366. The number of amides is 2. The second-order valence-corrected chi connectivity index (χ2v) is 10.5. The molecular formula is C29H38BrNO8. The summed E-state index contributed by atoms with van der Waals surface area (Å²) >= 11 is 3.53. The van der Waals surface area contributed by atoms with Crippen LogP contribution in [-0.4, -0.2) is 54.4 Å². The summed E-state index contributed by atoms with van der Waals surface area (Å²) in [6, 6.07) is 10.2. The quantitative estimate of drug-likeness (QED) is 0.181. The van der Waals surface area contributed by atoms with Gasteiger partial charge in [0.25, 0.3) is 5.91 Å². The summed E-state index contributed by atoms with van der Waals surface area (Å²) in [5.41, 5.74) is 0.740. The SMILES string of the molecule is COC(C(=O)N1C(=O)OCC1c1ccccc1)C(OC(C)=O)c1cc(Br)c(CCCCCCCCCCO)o1. The minimum absolute atomic E-state index is 0.0162. The van der Waals surface area contributed by atoms with Crippen molar-refractivity contribution in [3.8, 4) is 0 Å². The highest BCUT2D eigenvalue weighted by Gasteiger charge is 2.46. The molecule has 0 radical (unpaired) electrons. The van der Waals surface area contributed by atoms with Gasteiger partial charge >= 0.3 is 12.1 Å². The van der Waals surface area contributed by atoms with E-state index < -0.39 is 36.2 Å². The number of benzene rings is 1. The Morgan fingerprint density at radius 1 is 1.08 bits per heavy atom. The molecule has 1 aromatic carbocycles. The van der Waals surface area contributed by atoms with Crippen LogP contribution >= 0.6 is 15.9 Å². The van der Waals surface area contributed by atoms with Crippen molar-refractivity contribution in [1.29, 1.82) is 0 Å². The summed E-state index contributed by atoms with van der Waals surface area (Å²) in [6.07, 6.45) is 5.86. The Morgan fingerprint density at radius 3 is 2.33 bits per heavy atom. The fraction of sp³-hybridized carbons (Fsp3) is 0.552. The normalized spacial score (nSPS) is 16.7. The average Bonchev–Trinajstić information content (AvgIpc) is 3.49. The molecule has 2 amide bonds. The lowest BCUT2D eigenvalue weighted by molar-refractivity contribution is -0.164. The third-order valence-corrected chi connectivity index (χ3v) is 7.40. The van der Waals surface area contributed by atoms with Gasteiger partial charge in [-0.3, -0.25) is 9.59 Å². The molecule has 9 nitrogen and oxygen atoms in total. The number of hydrogen-bond donors (Lipinski definition) is 1. The molecule has 1 fully saturated rings. The molecule has 3 atom stereocenters. The Balaban J connectivity index is 1.69. The minimum Gasteiger partial charge on any atom is -0.461 e. The van der Waals surface area contributed by atoms with Crippen molar-refractivity contribution in [2.75, 3.05) is 20.3 Å². The molecule has 0 bridgehead atoms. The number of furan rings is 1. The van der Waals surface area contributed by atoms with Gasteiger partial charge in [-0.15, -0.1) is 0 Å². The minimum atomic E-state index is -1.33. The molecule has 3 rings (SSSR count). The highest BCUT2D eigenvalue weighted by Crippen LogP contribution is 2.35. The average molecular weight is 609 g/mol. The first kappa shape index (κ1) is 30.8. The third-order valence-electron chi connectivity index (χ3n) is 6.73. The van der Waals surface area contributed by atoms with Crippen LogP contribution < -0.4 is 0 Å². The van der Waals surface area contributed by atoms with E-state index in [2.05, 4.69) is 15.9 Å². The maximum absolute atomic E-state index is 13.7. The van der Waals surface area contributed by atoms with Gasteiger partial charge in [-0.05, 0) is 40.4 Å². The Labute approximate surface area is 237 Å². The van der Waals surface area contributed by atoms with Crippen LogP contribution in [0.2, 0.25) is 0 Å². The first-order valence-electron chi connectivity index (χ1n) is 13.5. The number of nitrogens with zero attached hydrogens (tertiary/aromatic N) is 1. The molecule has 3 unspecified atom stereocenters. The number of halogens is 1. The number of aryl methyl sites for hydroxylation is 1. The van der Waals surface area contributed by atoms with Crippen molar-refractivity contribution in [2.24, 2.45) is 0 Å². The Kier molecular flexibility index (Phi) is 12.5. The largest absolute Gasteiger partial charge is 0.461 e. The lowest BCUT2D eigenvalue weighted by atomic mass is 10.0. The van der Waals surface area contributed by atoms with Gasteiger partial charge in [0, 0.05) is 27.1 Å². The van der Waals surface area contributed by atoms with E-state index in [0.717, 1.165) is 55.4 Å². The number of aliphatic hydroxyl groups excluding tert-OH is 1. The number of carbonyl (C=O) groups is 3. The summed E-state index contributed by atoms with van der Waals surface area (Å²) < 4.78 is 23.0. The molecule has 1 aliphatic rings. The van der Waals surface area contributed by atoms with Crippen molar-refractivity contribution < 1.29 is 38.1 Å². The molecule has 0 spiro atoms. The zero-order valence-corrected chi connectivity index (χ0v) is 24.2. The number of esters is 1. The van der Waals surface area contributed by atoms with E-state index in [-0.39, 0.29) is 19.0 Å². The number of aliphatic hydroxyl groups is 1. The van der Waals surface area contributed by atoms with E-state index in [9.17, 15) is 14.4 Å². The number of unbranched alkanes of at least 4 members (excludes halogenated alkanes) is 7. The van der Waals surface area contributed by atoms with Crippen molar-refractivity contribution >= 4 is 33.9 Å². The van der Waals surface area contributed by atoms with Crippen molar-refractivity contribution in [1.82, 2.24) is 4.90 Å². The molecule has 1 N–H and O–H groups in total. The van der Waals surface area contributed by atoms with E-state index in [4.69, 9.17) is 23.7 Å². The van der Waals surface area contributed by atoms with Gasteiger partial charge in [-0.2, -0.15) is 0 Å². The van der Waals surface area contributed by atoms with Crippen molar-refractivity contribution in [3.63, 3.8) is 0 Å². The second-order valence-electron chi connectivity index (χ2n) is 9.62. The summed E-state index contributed by atoms with van der Waals surface area (Å²) in [5, 5.41) is 8.85. The number of imide groups is 1. The smallest absolute Gasteiger partial charge is 0.417 e. The van der Waals surface area contributed by atoms with Gasteiger partial charge in [-0.1, -0.05) is 68.9 Å². The molecule has 214 valence electrons. The number of ether oxygens (including phenoxy) is 3. The third kappa shape index (κ3) is 8.65. The van der Waals surface area contributed by atoms with Gasteiger partial charge in [0.05, 0.1) is 4.47 Å². The van der Waals surface area contributed by atoms with Crippen LogP contribution in [0.5, 0.6) is 0 Å². The molecular weight excluding hydrogens is 570 g/mol. The molecule has 39 heavy (non-hydrogen) atoms. The summed E-state index contributed by atoms with van der Waals surface area (Å²) in [6.45, 7) is 1.52. The number of cyclic esters (lactones) is 1. The Bertz CT molecular complexity index is 1070. The van der Waals surface area contributed by atoms with Crippen LogP contribution in [0.25, 0.3) is 0 Å². The highest BCUT2D eigenvalue weighted by molar-refractivity contribution is 9.10. The Morgan fingerprint density at radius 2 is 1.72 bits per heavy atom. The van der Waals surface area contributed by atoms with E-state index >= 15 is 0 Å². The van der Waals surface area contributed by atoms with Crippen LogP contribution in [0.15, 0.2) is 45.3 Å². The van der Waals surface area contributed by atoms with Crippen molar-refractivity contribution in [2.45, 2.75) is 83.0 Å². The molecule has 1 saturated heterocycles. The molecule has 2 aromatic rings. The lowest BCUT2D eigenvalue weighted by Gasteiger charge is -2.28. The molecule has 10 heteroatoms. The van der Waals surface area contributed by atoms with Gasteiger partial charge < -0.3 is 23.7 Å². The van der Waals surface area contributed by atoms with Crippen LogP contribution in [-0.2, 0) is 30.2 Å². The monoisotopic (exact) mass is 607 g/mol. The van der Waals surface area contributed by atoms with Gasteiger partial charge in [0.1, 0.15) is 24.2 Å². The number of hydrogen-bond acceptors (Lipinski definition) is 8. The highest BCUT2D eigenvalue weighted by atomic mass is 79.9. The fourth-order valence-electron chi connectivity index (χ4n) is 4.72. The topological polar surface area (TPSA) is 116 Å². The number of rotatable bonds is 16. The van der Waals surface area contributed by atoms with E-state index in [0.29, 0.717) is 16.7 Å². The molecule has 2 heterocycles. The summed E-state index contributed by atoms with van der Waals surface area (Å²) in [4.78, 5) is 39.3. The van der Waals surface area contributed by atoms with Gasteiger partial charge in [0.2, 0.25) is 0 Å². The zero-order chi connectivity index (χ0) is 28.2. The van der Waals surface area contributed by atoms with Crippen molar-refractivity contribution in [3.05, 3.63) is 58.0 Å². The Hall–Kier alpha value is -2.69. The maximum atomic E-state index is 13.7. The molecule has 1 aliphatic heterocycles. The van der Waals surface area contributed by atoms with Crippen LogP contribution in [0.1, 0.15) is 87.5 Å². The second kappa shape index (κ2) is 15.8. The zero-order valence-electron chi connectivity index (χ0n) is 22.6. The molecule has 1 aromatic heterocycles. The maximum Gasteiger partial charge on any atom is 0.417 e. The summed E-state index contributed by atoms with van der Waals surface area (Å²) in [7, 11) is 1.32. The van der Waals surface area contributed by atoms with Crippen LogP contribution in [0, 0.1) is 0 Å². The molecule has 0 aliphatic carbocycles. The first-order valence-corrected chi connectivity index (χ1v) is 14.3. The van der Waals surface area contributed by atoms with E-state index in [1.165, 1.54) is 20.5 Å². The molecule has 0 saturated carbocycles. The number of methoxy groups -OCH3 is 1. The lowest BCUT2D eigenvalue weighted by Crippen LogP contribution is -2.45. The predicted octanol–water partition coefficient (Wildman–Crippen LogP) is 6.04. The predicted molar refractivity (Wildman–Crippen MR) is 147 cm³/mol. The van der Waals surface area contributed by atoms with Gasteiger partial charge in [-0.25, -0.2) is 9.69 Å². The van der Waals surface area contributed by atoms with Crippen LogP contribution in [0.4, 0.5) is 4.79 Å². The standard InChI is InChI=1S/C29H38BrNO8/c1-20(33)38-26(25-18-22(30)24(39-25)16-12-7-5-3-4-6-8-13-17-32)27(36-2)28(34)31-23(19-37-29(31)35)21-14-10-9-11-15-21/h9-11,14-15,18,23,26-27,32H,3-8,12-13,16-17,19H2,1-2H3. The fourth-order valence-corrected chi connectivity index (χ4v) is 5.22. The van der Waals surface area contributed by atoms with E-state index in [1.54, 1.807) is 6.07 Å². The first-order chi connectivity index (χ1) is 18.9. The van der Waals surface area contributed by atoms with Gasteiger partial charge in [0.15, 0.2) is 12.2 Å².